The first-order valence-electron chi connectivity index (χ1n) is 4.08. The van der Waals surface area contributed by atoms with Crippen molar-refractivity contribution in [2.45, 2.75) is 0 Å². The van der Waals surface area contributed by atoms with Gasteiger partial charge in [-0.05, 0) is 12.1 Å². The maximum atomic E-state index is 10.9. The van der Waals surface area contributed by atoms with Crippen LogP contribution in [0.15, 0.2) is 24.8 Å². The molecule has 0 bridgehead atoms. The van der Waals surface area contributed by atoms with Crippen molar-refractivity contribution in [3.63, 3.8) is 0 Å². The molecule has 5 heteroatoms. The van der Waals surface area contributed by atoms with Crippen molar-refractivity contribution in [1.29, 1.82) is 0 Å². The van der Waals surface area contributed by atoms with Crippen LogP contribution in [0.5, 0.6) is 5.75 Å². The van der Waals surface area contributed by atoms with Crippen molar-refractivity contribution in [1.82, 2.24) is 0 Å². The van der Waals surface area contributed by atoms with Crippen LogP contribution in [0, 0.1) is 0 Å². The molecule has 0 unspecified atom stereocenters. The van der Waals surface area contributed by atoms with Crippen molar-refractivity contribution in [2.24, 2.45) is 5.73 Å². The molecule has 0 atom stereocenters. The first kappa shape index (κ1) is 11.9. The lowest BCUT2D eigenvalue weighted by Crippen LogP contribution is -2.11. The number of halogens is 2. The predicted octanol–water partition coefficient (Wildman–Crippen LogP) is 2.66. The molecule has 0 radical (unpaired) electrons. The molecule has 1 rings (SSSR count). The van der Waals surface area contributed by atoms with Gasteiger partial charge in [0.25, 0.3) is 0 Å². The molecule has 0 aliphatic carbocycles. The van der Waals surface area contributed by atoms with E-state index in [0.29, 0.717) is 5.75 Å². The molecule has 0 spiro atoms. The zero-order chi connectivity index (χ0) is 11.4. The van der Waals surface area contributed by atoms with Gasteiger partial charge in [-0.3, -0.25) is 4.79 Å². The normalized spacial score (nSPS) is 9.73. The molecule has 0 saturated heterocycles. The van der Waals surface area contributed by atoms with E-state index in [-0.39, 0.29) is 22.2 Å². The first-order chi connectivity index (χ1) is 7.06. The van der Waals surface area contributed by atoms with Gasteiger partial charge in [0.05, 0.1) is 10.0 Å². The van der Waals surface area contributed by atoms with Crippen molar-refractivity contribution in [3.05, 3.63) is 40.4 Å². The van der Waals surface area contributed by atoms with Crippen LogP contribution >= 0.6 is 23.2 Å². The third kappa shape index (κ3) is 2.88. The predicted molar refractivity (Wildman–Crippen MR) is 60.7 cm³/mol. The van der Waals surface area contributed by atoms with Gasteiger partial charge in [-0.15, -0.1) is 0 Å². The van der Waals surface area contributed by atoms with Gasteiger partial charge < -0.3 is 10.5 Å². The molecular weight excluding hydrogens is 237 g/mol. The van der Waals surface area contributed by atoms with Crippen LogP contribution in [0.25, 0.3) is 0 Å². The maximum absolute atomic E-state index is 10.9. The Kier molecular flexibility index (Phi) is 4.00. The van der Waals surface area contributed by atoms with Crippen molar-refractivity contribution < 1.29 is 9.53 Å². The Balaban J connectivity index is 3.09. The molecule has 0 aromatic heterocycles. The highest BCUT2D eigenvalue weighted by atomic mass is 35.5. The summed E-state index contributed by atoms with van der Waals surface area (Å²) in [6.07, 6.45) is 1.56. The van der Waals surface area contributed by atoms with E-state index in [9.17, 15) is 4.79 Å². The minimum Gasteiger partial charge on any atom is -0.486 e. The Morgan fingerprint density at radius 2 is 2.00 bits per heavy atom. The van der Waals surface area contributed by atoms with Gasteiger partial charge in [0, 0.05) is 5.56 Å². The van der Waals surface area contributed by atoms with Crippen molar-refractivity contribution >= 4 is 29.1 Å². The van der Waals surface area contributed by atoms with E-state index in [1.807, 2.05) is 0 Å². The minimum atomic E-state index is -0.589. The van der Waals surface area contributed by atoms with E-state index >= 15 is 0 Å². The lowest BCUT2D eigenvalue weighted by atomic mass is 10.2. The zero-order valence-electron chi connectivity index (χ0n) is 7.80. The molecule has 80 valence electrons. The Bertz CT molecular complexity index is 381. The fourth-order valence-corrected chi connectivity index (χ4v) is 1.58. The quantitative estimate of drug-likeness (QED) is 0.830. The van der Waals surface area contributed by atoms with E-state index in [0.717, 1.165) is 0 Å². The molecule has 0 aliphatic rings. The summed E-state index contributed by atoms with van der Waals surface area (Å²) in [7, 11) is 0. The number of rotatable bonds is 4. The largest absolute Gasteiger partial charge is 0.486 e. The Morgan fingerprint density at radius 1 is 1.47 bits per heavy atom. The molecule has 0 fully saturated rings. The van der Waals surface area contributed by atoms with E-state index in [1.54, 1.807) is 6.08 Å². The third-order valence-corrected chi connectivity index (χ3v) is 2.19. The van der Waals surface area contributed by atoms with E-state index < -0.39 is 5.91 Å². The molecule has 0 heterocycles. The van der Waals surface area contributed by atoms with E-state index in [2.05, 4.69) is 6.58 Å². The third-order valence-electron chi connectivity index (χ3n) is 1.63. The summed E-state index contributed by atoms with van der Waals surface area (Å²) in [5.74, 6) is -0.266. The lowest BCUT2D eigenvalue weighted by molar-refractivity contribution is 0.100. The number of hydrogen-bond acceptors (Lipinski definition) is 2. The van der Waals surface area contributed by atoms with E-state index in [4.69, 9.17) is 33.7 Å². The van der Waals surface area contributed by atoms with Gasteiger partial charge in [0.2, 0.25) is 5.91 Å². The molecule has 1 aromatic rings. The molecule has 3 nitrogen and oxygen atoms in total. The fourth-order valence-electron chi connectivity index (χ4n) is 0.982. The maximum Gasteiger partial charge on any atom is 0.248 e. The van der Waals surface area contributed by atoms with Crippen molar-refractivity contribution in [2.75, 3.05) is 6.61 Å². The van der Waals surface area contributed by atoms with Crippen molar-refractivity contribution in [3.8, 4) is 5.75 Å². The zero-order valence-corrected chi connectivity index (χ0v) is 9.31. The number of carbonyl (C=O) groups excluding carboxylic acids is 1. The highest BCUT2D eigenvalue weighted by Gasteiger charge is 2.11. The van der Waals surface area contributed by atoms with Crippen LogP contribution in [0.3, 0.4) is 0 Å². The van der Waals surface area contributed by atoms with Gasteiger partial charge in [-0.2, -0.15) is 0 Å². The smallest absolute Gasteiger partial charge is 0.248 e. The molecular formula is C10H9Cl2NO2. The summed E-state index contributed by atoms with van der Waals surface area (Å²) in [4.78, 5) is 10.9. The highest BCUT2D eigenvalue weighted by molar-refractivity contribution is 6.37. The monoisotopic (exact) mass is 245 g/mol. The molecule has 0 aliphatic heterocycles. The number of primary amides is 1. The lowest BCUT2D eigenvalue weighted by Gasteiger charge is -2.08. The second kappa shape index (κ2) is 5.05. The molecule has 2 N–H and O–H groups in total. The van der Waals surface area contributed by atoms with Crippen LogP contribution in [0.4, 0.5) is 0 Å². The number of amides is 1. The summed E-state index contributed by atoms with van der Waals surface area (Å²) >= 11 is 11.7. The van der Waals surface area contributed by atoms with Gasteiger partial charge >= 0.3 is 0 Å². The van der Waals surface area contributed by atoms with Crippen LogP contribution in [0.1, 0.15) is 10.4 Å². The Morgan fingerprint density at radius 3 is 2.40 bits per heavy atom. The second-order valence-corrected chi connectivity index (χ2v) is 3.55. The summed E-state index contributed by atoms with van der Waals surface area (Å²) < 4.78 is 5.22. The topological polar surface area (TPSA) is 52.3 Å². The minimum absolute atomic E-state index is 0.246. The van der Waals surface area contributed by atoms with Gasteiger partial charge in [0.1, 0.15) is 6.61 Å². The van der Waals surface area contributed by atoms with Crippen LogP contribution in [-0.2, 0) is 0 Å². The van der Waals surface area contributed by atoms with Gasteiger partial charge in [-0.1, -0.05) is 35.9 Å². The highest BCUT2D eigenvalue weighted by Crippen LogP contribution is 2.34. The number of benzene rings is 1. The number of ether oxygens (including phenoxy) is 1. The molecule has 15 heavy (non-hydrogen) atoms. The fraction of sp³-hybridized carbons (Fsp3) is 0.100. The standard InChI is InChI=1S/C10H9Cl2NO2/c1-2-3-15-9-7(11)4-6(10(13)14)5-8(9)12/h2,4-5H,1,3H2,(H2,13,14). The average Bonchev–Trinajstić information content (AvgIpc) is 2.16. The van der Waals surface area contributed by atoms with Gasteiger partial charge in [-0.25, -0.2) is 0 Å². The summed E-state index contributed by atoms with van der Waals surface area (Å²) in [5, 5.41) is 0.497. The average molecular weight is 246 g/mol. The van der Waals surface area contributed by atoms with Crippen LogP contribution < -0.4 is 10.5 Å². The van der Waals surface area contributed by atoms with Crippen LogP contribution in [0.2, 0.25) is 10.0 Å². The summed E-state index contributed by atoms with van der Waals surface area (Å²) in [6.45, 7) is 3.78. The SMILES string of the molecule is C=CCOc1c(Cl)cc(C(N)=O)cc1Cl. The first-order valence-corrected chi connectivity index (χ1v) is 4.84. The summed E-state index contributed by atoms with van der Waals surface area (Å²) in [6, 6.07) is 2.82. The molecule has 1 amide bonds. The molecule has 1 aromatic carbocycles. The molecule has 0 saturated carbocycles. The van der Waals surface area contributed by atoms with E-state index in [1.165, 1.54) is 12.1 Å². The Labute approximate surface area is 97.4 Å². The van der Waals surface area contributed by atoms with Gasteiger partial charge in [0.15, 0.2) is 5.75 Å². The number of nitrogens with two attached hydrogens (primary N) is 1. The Hall–Kier alpha value is -1.19. The second-order valence-electron chi connectivity index (χ2n) is 2.73. The number of carbonyl (C=O) groups is 1. The number of hydrogen-bond donors (Lipinski definition) is 1. The van der Waals surface area contributed by atoms with Crippen LogP contribution in [-0.4, -0.2) is 12.5 Å². The summed E-state index contributed by atoms with van der Waals surface area (Å²) in [5.41, 5.74) is 5.33.